The van der Waals surface area contributed by atoms with Crippen LogP contribution in [0.5, 0.6) is 0 Å². The number of thioether (sulfide) groups is 1. The molecule has 27 heavy (non-hydrogen) atoms. The summed E-state index contributed by atoms with van der Waals surface area (Å²) in [5, 5.41) is 3.21. The first-order valence-electron chi connectivity index (χ1n) is 9.14. The SMILES string of the molecule is CN=C(NCCS(=O)(=O)N1CCSCC1)N1CCC(COCCOC)C1.I. The highest BCUT2D eigenvalue weighted by Gasteiger charge is 2.26. The first-order valence-corrected chi connectivity index (χ1v) is 11.9. The average Bonchev–Trinajstić information content (AvgIpc) is 3.12. The van der Waals surface area contributed by atoms with Crippen molar-refractivity contribution in [3.63, 3.8) is 0 Å². The minimum absolute atomic E-state index is 0. The van der Waals surface area contributed by atoms with Gasteiger partial charge in [-0.3, -0.25) is 4.99 Å². The summed E-state index contributed by atoms with van der Waals surface area (Å²) in [4.78, 5) is 6.48. The number of sulfonamides is 1. The Bertz CT molecular complexity index is 545. The van der Waals surface area contributed by atoms with Gasteiger partial charge in [-0.25, -0.2) is 12.7 Å². The van der Waals surface area contributed by atoms with Crippen molar-refractivity contribution in [2.45, 2.75) is 6.42 Å². The number of methoxy groups -OCH3 is 1. The van der Waals surface area contributed by atoms with Crippen LogP contribution in [-0.2, 0) is 19.5 Å². The van der Waals surface area contributed by atoms with Crippen LogP contribution in [0, 0.1) is 5.92 Å². The molecule has 11 heteroatoms. The number of nitrogens with one attached hydrogen (secondary N) is 1. The Morgan fingerprint density at radius 2 is 2.00 bits per heavy atom. The third-order valence-corrected chi connectivity index (χ3v) is 7.40. The van der Waals surface area contributed by atoms with E-state index in [9.17, 15) is 8.42 Å². The zero-order valence-corrected chi connectivity index (χ0v) is 20.2. The molecule has 0 saturated carbocycles. The molecule has 160 valence electrons. The number of hydrogen-bond acceptors (Lipinski definition) is 6. The zero-order valence-electron chi connectivity index (χ0n) is 16.3. The van der Waals surface area contributed by atoms with Crippen molar-refractivity contribution in [3.8, 4) is 0 Å². The third kappa shape index (κ3) is 8.60. The standard InChI is InChI=1S/C16H32N4O4S2.HI/c1-17-16(19-5-3-15(13-19)14-24-9-8-23-2)18-4-12-26(21,22)20-6-10-25-11-7-20;/h15H,3-14H2,1-2H3,(H,17,18);1H. The molecule has 1 atom stereocenters. The molecule has 2 rings (SSSR count). The molecule has 8 nitrogen and oxygen atoms in total. The molecule has 2 heterocycles. The highest BCUT2D eigenvalue weighted by Crippen LogP contribution is 2.17. The number of ether oxygens (including phenoxy) is 2. The summed E-state index contributed by atoms with van der Waals surface area (Å²) >= 11 is 1.81. The quantitative estimate of drug-likeness (QED) is 0.200. The Kier molecular flexibility index (Phi) is 12.5. The van der Waals surface area contributed by atoms with E-state index in [4.69, 9.17) is 9.47 Å². The molecule has 0 spiro atoms. The van der Waals surface area contributed by atoms with Gasteiger partial charge in [0, 0.05) is 64.3 Å². The van der Waals surface area contributed by atoms with E-state index in [2.05, 4.69) is 15.2 Å². The van der Waals surface area contributed by atoms with Gasteiger partial charge in [-0.1, -0.05) is 0 Å². The highest BCUT2D eigenvalue weighted by molar-refractivity contribution is 14.0. The predicted octanol–water partition coefficient (Wildman–Crippen LogP) is 0.543. The molecule has 0 amide bonds. The van der Waals surface area contributed by atoms with E-state index < -0.39 is 10.0 Å². The summed E-state index contributed by atoms with van der Waals surface area (Å²) < 4.78 is 37.0. The van der Waals surface area contributed by atoms with E-state index in [0.717, 1.165) is 43.6 Å². The van der Waals surface area contributed by atoms with Crippen LogP contribution in [0.25, 0.3) is 0 Å². The van der Waals surface area contributed by atoms with Crippen LogP contribution in [0.3, 0.4) is 0 Å². The van der Waals surface area contributed by atoms with Gasteiger partial charge in [0.25, 0.3) is 0 Å². The summed E-state index contributed by atoms with van der Waals surface area (Å²) in [6.45, 7) is 5.37. The lowest BCUT2D eigenvalue weighted by Gasteiger charge is -2.26. The van der Waals surface area contributed by atoms with Gasteiger partial charge in [0.2, 0.25) is 10.0 Å². The average molecular weight is 537 g/mol. The van der Waals surface area contributed by atoms with Crippen molar-refractivity contribution in [3.05, 3.63) is 0 Å². The highest BCUT2D eigenvalue weighted by atomic mass is 127. The maximum atomic E-state index is 12.4. The van der Waals surface area contributed by atoms with Crippen LogP contribution >= 0.6 is 35.7 Å². The van der Waals surface area contributed by atoms with Crippen LogP contribution < -0.4 is 5.32 Å². The van der Waals surface area contributed by atoms with Crippen LogP contribution in [0.4, 0.5) is 0 Å². The molecule has 2 aliphatic rings. The van der Waals surface area contributed by atoms with Crippen molar-refractivity contribution < 1.29 is 17.9 Å². The molecule has 1 N–H and O–H groups in total. The van der Waals surface area contributed by atoms with Crippen LogP contribution in [0.2, 0.25) is 0 Å². The van der Waals surface area contributed by atoms with Crippen LogP contribution in [0.15, 0.2) is 4.99 Å². The number of aliphatic imine (C=N–C) groups is 1. The van der Waals surface area contributed by atoms with E-state index in [1.807, 2.05) is 11.8 Å². The second kappa shape index (κ2) is 13.4. The molecule has 0 aromatic rings. The van der Waals surface area contributed by atoms with Gasteiger partial charge in [0.1, 0.15) is 0 Å². The van der Waals surface area contributed by atoms with Gasteiger partial charge in [0.15, 0.2) is 5.96 Å². The summed E-state index contributed by atoms with van der Waals surface area (Å²) in [6, 6.07) is 0. The minimum atomic E-state index is -3.19. The Balaban J connectivity index is 0.00000364. The van der Waals surface area contributed by atoms with E-state index in [0.29, 0.717) is 38.8 Å². The van der Waals surface area contributed by atoms with Gasteiger partial charge in [-0.15, -0.1) is 24.0 Å². The molecule has 0 radical (unpaired) electrons. The normalized spacial score (nSPS) is 21.9. The number of halogens is 1. The van der Waals surface area contributed by atoms with Gasteiger partial charge >= 0.3 is 0 Å². The lowest BCUT2D eigenvalue weighted by Crippen LogP contribution is -2.45. The molecule has 0 aromatic carbocycles. The topological polar surface area (TPSA) is 83.5 Å². The number of hydrogen-bond donors (Lipinski definition) is 1. The van der Waals surface area contributed by atoms with Crippen LogP contribution in [-0.4, -0.2) is 108 Å². The molecule has 2 aliphatic heterocycles. The maximum absolute atomic E-state index is 12.4. The van der Waals surface area contributed by atoms with Gasteiger partial charge in [-0.2, -0.15) is 11.8 Å². The summed E-state index contributed by atoms with van der Waals surface area (Å²) in [7, 11) is 0.218. The first kappa shape index (κ1) is 25.2. The van der Waals surface area contributed by atoms with Gasteiger partial charge in [-0.05, 0) is 6.42 Å². The van der Waals surface area contributed by atoms with Gasteiger partial charge < -0.3 is 19.7 Å². The van der Waals surface area contributed by atoms with E-state index in [-0.39, 0.29) is 29.7 Å². The molecule has 2 saturated heterocycles. The number of rotatable bonds is 9. The second-order valence-electron chi connectivity index (χ2n) is 6.47. The molecule has 2 fully saturated rings. The summed E-state index contributed by atoms with van der Waals surface area (Å²) in [5.41, 5.74) is 0. The Hall–Kier alpha value is 0.180. The van der Waals surface area contributed by atoms with Crippen molar-refractivity contribution in [2.24, 2.45) is 10.9 Å². The van der Waals surface area contributed by atoms with E-state index in [1.54, 1.807) is 18.5 Å². The fraction of sp³-hybridized carbons (Fsp3) is 0.938. The molecule has 1 unspecified atom stereocenters. The Morgan fingerprint density at radius 3 is 2.67 bits per heavy atom. The lowest BCUT2D eigenvalue weighted by molar-refractivity contribution is 0.0536. The zero-order chi connectivity index (χ0) is 18.8. The summed E-state index contributed by atoms with van der Waals surface area (Å²) in [5.74, 6) is 3.12. The first-order chi connectivity index (χ1) is 12.6. The van der Waals surface area contributed by atoms with Gasteiger partial charge in [0.05, 0.1) is 25.6 Å². The third-order valence-electron chi connectivity index (χ3n) is 4.59. The monoisotopic (exact) mass is 536 g/mol. The predicted molar refractivity (Wildman–Crippen MR) is 122 cm³/mol. The van der Waals surface area contributed by atoms with Crippen molar-refractivity contribution in [1.29, 1.82) is 0 Å². The Morgan fingerprint density at radius 1 is 1.26 bits per heavy atom. The van der Waals surface area contributed by atoms with E-state index >= 15 is 0 Å². The molecule has 0 aromatic heterocycles. The fourth-order valence-electron chi connectivity index (χ4n) is 3.13. The van der Waals surface area contributed by atoms with E-state index in [1.165, 1.54) is 0 Å². The largest absolute Gasteiger partial charge is 0.382 e. The smallest absolute Gasteiger partial charge is 0.215 e. The number of nitrogens with zero attached hydrogens (tertiary/aromatic N) is 3. The molecule has 0 aliphatic carbocycles. The number of likely N-dealkylation sites (tertiary alicyclic amines) is 1. The molecular formula is C16H33IN4O4S2. The van der Waals surface area contributed by atoms with Crippen molar-refractivity contribution in [1.82, 2.24) is 14.5 Å². The molecule has 0 bridgehead atoms. The van der Waals surface area contributed by atoms with Crippen molar-refractivity contribution in [2.75, 3.05) is 84.0 Å². The fourth-order valence-corrected chi connectivity index (χ4v) is 5.62. The maximum Gasteiger partial charge on any atom is 0.215 e. The lowest BCUT2D eigenvalue weighted by atomic mass is 10.1. The Labute approximate surface area is 184 Å². The number of guanidine groups is 1. The van der Waals surface area contributed by atoms with Crippen LogP contribution in [0.1, 0.15) is 6.42 Å². The second-order valence-corrected chi connectivity index (χ2v) is 9.78. The summed E-state index contributed by atoms with van der Waals surface area (Å²) in [6.07, 6.45) is 1.05. The van der Waals surface area contributed by atoms with Crippen molar-refractivity contribution >= 4 is 51.7 Å². The minimum Gasteiger partial charge on any atom is -0.382 e. The molecular weight excluding hydrogens is 503 g/mol.